The third-order valence-electron chi connectivity index (χ3n) is 5.31. The fourth-order valence-electron chi connectivity index (χ4n) is 3.28. The van der Waals surface area contributed by atoms with E-state index < -0.39 is 0 Å². The van der Waals surface area contributed by atoms with Crippen molar-refractivity contribution in [2.45, 2.75) is 19.8 Å². The van der Waals surface area contributed by atoms with Gasteiger partial charge in [-0.15, -0.1) is 0 Å². The third-order valence-corrected chi connectivity index (χ3v) is 6.19. The summed E-state index contributed by atoms with van der Waals surface area (Å²) in [5, 5.41) is 6.26. The van der Waals surface area contributed by atoms with Crippen molar-refractivity contribution in [3.8, 4) is 11.6 Å². The molecule has 170 valence electrons. The number of aromatic nitrogens is 2. The molecular weight excluding hydrogens is 448 g/mol. The molecule has 4 aromatic rings. The number of rotatable bonds is 7. The molecule has 5 rings (SSSR count). The van der Waals surface area contributed by atoms with Crippen LogP contribution in [0.1, 0.15) is 24.0 Å². The number of fused-ring (bicyclic) bond motifs is 1. The number of nitrogens with zero attached hydrogens (tertiary/aromatic N) is 2. The Labute approximate surface area is 200 Å². The van der Waals surface area contributed by atoms with E-state index >= 15 is 0 Å². The van der Waals surface area contributed by atoms with Gasteiger partial charge in [-0.05, 0) is 49.1 Å². The summed E-state index contributed by atoms with van der Waals surface area (Å²) < 4.78 is 6.02. The van der Waals surface area contributed by atoms with Crippen LogP contribution < -0.4 is 15.4 Å². The Kier molecular flexibility index (Phi) is 6.05. The standard InChI is InChI=1S/C26H22N4O3S/c1-16-7-11-19(27-22(31)13-8-17-5-3-2-4-6-17)15-21(16)33-23-14-12-20-25(29-23)34-26(28-20)30-24(32)18-9-10-18/h2-8,11-15,18H,9-10H2,1H3,(H,27,31)(H,28,30,32). The fraction of sp³-hybridized carbons (Fsp3) is 0.154. The van der Waals surface area contributed by atoms with E-state index in [1.54, 1.807) is 18.2 Å². The molecule has 2 heterocycles. The van der Waals surface area contributed by atoms with E-state index in [2.05, 4.69) is 20.6 Å². The van der Waals surface area contributed by atoms with Crippen molar-refractivity contribution in [3.63, 3.8) is 0 Å². The number of thiazole rings is 1. The molecule has 0 atom stereocenters. The summed E-state index contributed by atoms with van der Waals surface area (Å²) in [5.74, 6) is 0.894. The van der Waals surface area contributed by atoms with Crippen LogP contribution >= 0.6 is 11.3 Å². The molecule has 0 bridgehead atoms. The van der Waals surface area contributed by atoms with Gasteiger partial charge in [-0.3, -0.25) is 9.59 Å². The van der Waals surface area contributed by atoms with E-state index in [1.807, 2.05) is 55.5 Å². The largest absolute Gasteiger partial charge is 0.439 e. The van der Waals surface area contributed by atoms with Crippen LogP contribution in [-0.4, -0.2) is 21.8 Å². The number of pyridine rings is 1. The minimum absolute atomic E-state index is 0.0172. The molecule has 1 aliphatic rings. The van der Waals surface area contributed by atoms with Crippen molar-refractivity contribution in [2.24, 2.45) is 5.92 Å². The molecule has 1 aliphatic carbocycles. The number of ether oxygens (including phenoxy) is 1. The number of nitrogens with one attached hydrogen (secondary N) is 2. The SMILES string of the molecule is Cc1ccc(NC(=O)C=Cc2ccccc2)cc1Oc1ccc2nc(NC(=O)C3CC3)sc2n1. The van der Waals surface area contributed by atoms with Crippen LogP contribution in [0.2, 0.25) is 0 Å². The Balaban J connectivity index is 1.28. The van der Waals surface area contributed by atoms with Gasteiger partial charge in [0.25, 0.3) is 0 Å². The molecule has 34 heavy (non-hydrogen) atoms. The van der Waals surface area contributed by atoms with Crippen LogP contribution in [0.15, 0.2) is 66.7 Å². The summed E-state index contributed by atoms with van der Waals surface area (Å²) in [6.45, 7) is 1.92. The molecule has 1 saturated carbocycles. The molecule has 1 fully saturated rings. The summed E-state index contributed by atoms with van der Waals surface area (Å²) >= 11 is 1.32. The monoisotopic (exact) mass is 470 g/mol. The molecule has 2 aromatic heterocycles. The summed E-state index contributed by atoms with van der Waals surface area (Å²) in [6, 6.07) is 18.7. The zero-order valence-electron chi connectivity index (χ0n) is 18.4. The second kappa shape index (κ2) is 9.44. The van der Waals surface area contributed by atoms with Gasteiger partial charge < -0.3 is 15.4 Å². The van der Waals surface area contributed by atoms with E-state index in [4.69, 9.17) is 4.74 Å². The lowest BCUT2D eigenvalue weighted by atomic mass is 10.2. The third kappa shape index (κ3) is 5.29. The quantitative estimate of drug-likeness (QED) is 0.333. The topological polar surface area (TPSA) is 93.2 Å². The zero-order chi connectivity index (χ0) is 23.5. The second-order valence-electron chi connectivity index (χ2n) is 8.07. The predicted molar refractivity (Wildman–Crippen MR) is 134 cm³/mol. The predicted octanol–water partition coefficient (Wildman–Crippen LogP) is 5.79. The highest BCUT2D eigenvalue weighted by Crippen LogP contribution is 2.33. The number of carbonyl (C=O) groups is 2. The van der Waals surface area contributed by atoms with Crippen LogP contribution in [0.25, 0.3) is 16.4 Å². The first-order valence-electron chi connectivity index (χ1n) is 10.9. The number of amides is 2. The van der Waals surface area contributed by atoms with E-state index in [1.165, 1.54) is 17.4 Å². The van der Waals surface area contributed by atoms with E-state index in [0.717, 1.165) is 24.0 Å². The van der Waals surface area contributed by atoms with Gasteiger partial charge in [0.1, 0.15) is 16.1 Å². The van der Waals surface area contributed by atoms with Crippen molar-refractivity contribution in [1.82, 2.24) is 9.97 Å². The van der Waals surface area contributed by atoms with Crippen molar-refractivity contribution in [2.75, 3.05) is 10.6 Å². The van der Waals surface area contributed by atoms with Gasteiger partial charge in [-0.2, -0.15) is 0 Å². The summed E-state index contributed by atoms with van der Waals surface area (Å²) in [4.78, 5) is 34.0. The van der Waals surface area contributed by atoms with Crippen molar-refractivity contribution in [3.05, 3.63) is 77.9 Å². The molecule has 0 saturated heterocycles. The highest BCUT2D eigenvalue weighted by atomic mass is 32.1. The molecule has 8 heteroatoms. The summed E-state index contributed by atoms with van der Waals surface area (Å²) in [5.41, 5.74) is 3.17. The van der Waals surface area contributed by atoms with Gasteiger partial charge in [0.2, 0.25) is 17.7 Å². The average Bonchev–Trinajstić information content (AvgIpc) is 3.61. The number of hydrogen-bond donors (Lipinski definition) is 2. The smallest absolute Gasteiger partial charge is 0.248 e. The lowest BCUT2D eigenvalue weighted by molar-refractivity contribution is -0.117. The fourth-order valence-corrected chi connectivity index (χ4v) is 4.12. The van der Waals surface area contributed by atoms with Gasteiger partial charge in [-0.25, -0.2) is 9.97 Å². The van der Waals surface area contributed by atoms with Crippen molar-refractivity contribution in [1.29, 1.82) is 0 Å². The van der Waals surface area contributed by atoms with E-state index in [-0.39, 0.29) is 17.7 Å². The van der Waals surface area contributed by atoms with Crippen LogP contribution in [0.5, 0.6) is 11.6 Å². The second-order valence-corrected chi connectivity index (χ2v) is 9.05. The van der Waals surface area contributed by atoms with Crippen molar-refractivity contribution < 1.29 is 14.3 Å². The Bertz CT molecular complexity index is 1390. The highest BCUT2D eigenvalue weighted by Gasteiger charge is 2.30. The van der Waals surface area contributed by atoms with Crippen LogP contribution in [0, 0.1) is 12.8 Å². The van der Waals surface area contributed by atoms with Gasteiger partial charge >= 0.3 is 0 Å². The van der Waals surface area contributed by atoms with Crippen LogP contribution in [0.3, 0.4) is 0 Å². The number of hydrogen-bond acceptors (Lipinski definition) is 6. The average molecular weight is 471 g/mol. The molecule has 2 aromatic carbocycles. The van der Waals surface area contributed by atoms with Gasteiger partial charge in [0.05, 0.1) is 0 Å². The zero-order valence-corrected chi connectivity index (χ0v) is 19.3. The van der Waals surface area contributed by atoms with Crippen LogP contribution in [0.4, 0.5) is 10.8 Å². The van der Waals surface area contributed by atoms with Gasteiger partial charge in [0, 0.05) is 29.8 Å². The first-order valence-corrected chi connectivity index (χ1v) is 11.8. The maximum absolute atomic E-state index is 12.3. The molecule has 0 spiro atoms. The normalized spacial score (nSPS) is 13.2. The molecule has 2 amide bonds. The summed E-state index contributed by atoms with van der Waals surface area (Å²) in [7, 11) is 0. The first kappa shape index (κ1) is 21.8. The van der Waals surface area contributed by atoms with Crippen LogP contribution in [-0.2, 0) is 9.59 Å². The van der Waals surface area contributed by atoms with Crippen molar-refractivity contribution >= 4 is 50.4 Å². The molecule has 2 N–H and O–H groups in total. The van der Waals surface area contributed by atoms with E-state index in [9.17, 15) is 9.59 Å². The Morgan fingerprint density at radius 3 is 2.65 bits per heavy atom. The molecular formula is C26H22N4O3S. The van der Waals surface area contributed by atoms with Gasteiger partial charge in [0.15, 0.2) is 5.13 Å². The first-order chi connectivity index (χ1) is 16.5. The maximum atomic E-state index is 12.3. The molecule has 0 radical (unpaired) electrons. The number of benzene rings is 2. The Morgan fingerprint density at radius 2 is 1.85 bits per heavy atom. The minimum Gasteiger partial charge on any atom is -0.439 e. The Hall–Kier alpha value is -4.04. The Morgan fingerprint density at radius 1 is 1.03 bits per heavy atom. The lowest BCUT2D eigenvalue weighted by Crippen LogP contribution is -2.12. The lowest BCUT2D eigenvalue weighted by Gasteiger charge is -2.10. The minimum atomic E-state index is -0.233. The molecule has 0 unspecified atom stereocenters. The molecule has 7 nitrogen and oxygen atoms in total. The highest BCUT2D eigenvalue weighted by molar-refractivity contribution is 7.21. The van der Waals surface area contributed by atoms with E-state index in [0.29, 0.717) is 32.8 Å². The molecule has 0 aliphatic heterocycles. The van der Waals surface area contributed by atoms with Gasteiger partial charge in [-0.1, -0.05) is 47.7 Å². The summed E-state index contributed by atoms with van der Waals surface area (Å²) in [6.07, 6.45) is 5.13. The number of carbonyl (C=O) groups excluding carboxylic acids is 2. The maximum Gasteiger partial charge on any atom is 0.248 e. The number of anilines is 2. The number of aryl methyl sites for hydroxylation is 1.